The molecule has 5 nitrogen and oxygen atoms in total. The number of rotatable bonds is 2. The molecular formula is C7H4BrNO4. The minimum absolute atomic E-state index is 0.170. The number of carbonyl (C=O) groups is 1. The first-order chi connectivity index (χ1) is 6.02. The summed E-state index contributed by atoms with van der Waals surface area (Å²) in [6, 6.07) is 3.37. The van der Waals surface area contributed by atoms with Crippen LogP contribution >= 0.6 is 15.9 Å². The van der Waals surface area contributed by atoms with Gasteiger partial charge in [-0.2, -0.15) is 0 Å². The summed E-state index contributed by atoms with van der Waals surface area (Å²) in [6.45, 7) is 0. The highest BCUT2D eigenvalue weighted by molar-refractivity contribution is 9.18. The minimum atomic E-state index is -0.724. The fraction of sp³-hybridized carbons (Fsp3) is 0. The third-order valence-corrected chi connectivity index (χ3v) is 1.86. The molecule has 1 rings (SSSR count). The van der Waals surface area contributed by atoms with Gasteiger partial charge >= 0.3 is 5.69 Å². The SMILES string of the molecule is O=C(Br)c1ccc([N+](=O)[O-])c(O)c1. The van der Waals surface area contributed by atoms with Crippen LogP contribution in [0.2, 0.25) is 0 Å². The first kappa shape index (κ1) is 9.66. The number of nitrogens with zero attached hydrogens (tertiary/aromatic N) is 1. The van der Waals surface area contributed by atoms with E-state index in [1.54, 1.807) is 0 Å². The minimum Gasteiger partial charge on any atom is -0.502 e. The largest absolute Gasteiger partial charge is 0.502 e. The lowest BCUT2D eigenvalue weighted by molar-refractivity contribution is -0.385. The Morgan fingerprint density at radius 1 is 1.54 bits per heavy atom. The van der Waals surface area contributed by atoms with Crippen molar-refractivity contribution in [2.45, 2.75) is 0 Å². The molecule has 0 spiro atoms. The van der Waals surface area contributed by atoms with Crippen molar-refractivity contribution >= 4 is 26.3 Å². The summed E-state index contributed by atoms with van der Waals surface area (Å²) < 4.78 is -0.433. The monoisotopic (exact) mass is 245 g/mol. The molecule has 1 N–H and O–H groups in total. The van der Waals surface area contributed by atoms with Gasteiger partial charge in [-0.1, -0.05) is 0 Å². The zero-order chi connectivity index (χ0) is 10.0. The summed E-state index contributed by atoms with van der Waals surface area (Å²) in [5.74, 6) is -0.518. The van der Waals surface area contributed by atoms with Crippen molar-refractivity contribution in [2.24, 2.45) is 0 Å². The number of hydrogen-bond acceptors (Lipinski definition) is 4. The molecule has 0 amide bonds. The maximum Gasteiger partial charge on any atom is 0.310 e. The molecule has 1 aromatic rings. The molecule has 0 saturated heterocycles. The lowest BCUT2D eigenvalue weighted by Crippen LogP contribution is -1.92. The third-order valence-electron chi connectivity index (χ3n) is 1.40. The van der Waals surface area contributed by atoms with Crippen LogP contribution in [0.5, 0.6) is 5.75 Å². The molecule has 0 atom stereocenters. The Labute approximate surface area is 81.3 Å². The summed E-state index contributed by atoms with van der Waals surface area (Å²) in [5.41, 5.74) is -0.249. The van der Waals surface area contributed by atoms with Gasteiger partial charge in [0, 0.05) is 11.6 Å². The summed E-state index contributed by atoms with van der Waals surface area (Å²) in [5, 5.41) is 19.3. The van der Waals surface area contributed by atoms with Gasteiger partial charge in [0.2, 0.25) is 4.69 Å². The number of benzene rings is 1. The average Bonchev–Trinajstić information content (AvgIpc) is 2.03. The lowest BCUT2D eigenvalue weighted by Gasteiger charge is -1.96. The predicted octanol–water partition coefficient (Wildman–Crippen LogP) is 1.84. The van der Waals surface area contributed by atoms with E-state index in [1.165, 1.54) is 6.07 Å². The molecule has 6 heteroatoms. The predicted molar refractivity (Wildman–Crippen MR) is 48.0 cm³/mol. The number of nitro groups is 1. The van der Waals surface area contributed by atoms with E-state index in [2.05, 4.69) is 15.9 Å². The van der Waals surface area contributed by atoms with Crippen LogP contribution in [-0.4, -0.2) is 14.7 Å². The molecule has 0 heterocycles. The molecule has 0 aliphatic heterocycles. The Balaban J connectivity index is 3.20. The van der Waals surface area contributed by atoms with Gasteiger partial charge in [0.25, 0.3) is 0 Å². The molecule has 0 unspecified atom stereocenters. The smallest absolute Gasteiger partial charge is 0.310 e. The average molecular weight is 246 g/mol. The van der Waals surface area contributed by atoms with Gasteiger partial charge in [0.05, 0.1) is 4.92 Å². The highest BCUT2D eigenvalue weighted by atomic mass is 79.9. The van der Waals surface area contributed by atoms with Crippen molar-refractivity contribution in [3.8, 4) is 5.75 Å². The zero-order valence-electron chi connectivity index (χ0n) is 6.23. The highest BCUT2D eigenvalue weighted by Gasteiger charge is 2.14. The summed E-state index contributed by atoms with van der Waals surface area (Å²) in [4.78, 5) is 20.2. The number of phenolic OH excluding ortho intramolecular Hbond substituents is 1. The van der Waals surface area contributed by atoms with Crippen molar-refractivity contribution in [3.63, 3.8) is 0 Å². The van der Waals surface area contributed by atoms with E-state index in [0.717, 1.165) is 12.1 Å². The van der Waals surface area contributed by atoms with Crippen LogP contribution in [0.15, 0.2) is 18.2 Å². The number of nitro benzene ring substituents is 1. The first-order valence-corrected chi connectivity index (χ1v) is 3.99. The molecule has 0 aliphatic rings. The van der Waals surface area contributed by atoms with E-state index < -0.39 is 21.1 Å². The Morgan fingerprint density at radius 3 is 2.54 bits per heavy atom. The molecule has 0 fully saturated rings. The molecule has 68 valence electrons. The van der Waals surface area contributed by atoms with Crippen LogP contribution in [-0.2, 0) is 0 Å². The van der Waals surface area contributed by atoms with Gasteiger partial charge in [-0.25, -0.2) is 0 Å². The van der Waals surface area contributed by atoms with E-state index in [1.807, 2.05) is 0 Å². The van der Waals surface area contributed by atoms with Crippen molar-refractivity contribution in [1.82, 2.24) is 0 Å². The topological polar surface area (TPSA) is 80.4 Å². The Morgan fingerprint density at radius 2 is 2.15 bits per heavy atom. The normalized spacial score (nSPS) is 9.62. The second-order valence-corrected chi connectivity index (χ2v) is 2.95. The quantitative estimate of drug-likeness (QED) is 0.490. The van der Waals surface area contributed by atoms with Crippen molar-refractivity contribution in [2.75, 3.05) is 0 Å². The van der Waals surface area contributed by atoms with E-state index in [-0.39, 0.29) is 5.56 Å². The number of aromatic hydroxyl groups is 1. The van der Waals surface area contributed by atoms with E-state index in [9.17, 15) is 14.9 Å². The van der Waals surface area contributed by atoms with Crippen molar-refractivity contribution in [1.29, 1.82) is 0 Å². The van der Waals surface area contributed by atoms with Crippen molar-refractivity contribution < 1.29 is 14.8 Å². The molecule has 1 aromatic carbocycles. The number of halogens is 1. The summed E-state index contributed by atoms with van der Waals surface area (Å²) >= 11 is 2.66. The van der Waals surface area contributed by atoms with Gasteiger partial charge in [-0.15, -0.1) is 0 Å². The number of carbonyl (C=O) groups excluding carboxylic acids is 1. The Kier molecular flexibility index (Phi) is 2.62. The first-order valence-electron chi connectivity index (χ1n) is 3.19. The maximum atomic E-state index is 10.7. The zero-order valence-corrected chi connectivity index (χ0v) is 7.82. The molecule has 0 radical (unpaired) electrons. The molecular weight excluding hydrogens is 242 g/mol. The van der Waals surface area contributed by atoms with Gasteiger partial charge in [-0.05, 0) is 28.1 Å². The molecule has 0 aromatic heterocycles. The summed E-state index contributed by atoms with van der Waals surface area (Å²) in [6.07, 6.45) is 0. The number of hydrogen-bond donors (Lipinski definition) is 1. The Bertz CT molecular complexity index is 377. The lowest BCUT2D eigenvalue weighted by atomic mass is 10.2. The number of phenols is 1. The van der Waals surface area contributed by atoms with Crippen LogP contribution in [0, 0.1) is 10.1 Å². The fourth-order valence-electron chi connectivity index (χ4n) is 0.800. The standard InChI is InChI=1S/C7H4BrNO4/c8-7(11)4-1-2-5(9(12)13)6(10)3-4/h1-3,10H. The highest BCUT2D eigenvalue weighted by Crippen LogP contribution is 2.26. The van der Waals surface area contributed by atoms with Crippen molar-refractivity contribution in [3.05, 3.63) is 33.9 Å². The summed E-state index contributed by atoms with van der Waals surface area (Å²) in [7, 11) is 0. The third kappa shape index (κ3) is 2.03. The van der Waals surface area contributed by atoms with Gasteiger partial charge in [-0.3, -0.25) is 14.9 Å². The maximum absolute atomic E-state index is 10.7. The van der Waals surface area contributed by atoms with Crippen LogP contribution in [0.25, 0.3) is 0 Å². The Hall–Kier alpha value is -1.43. The molecule has 0 aliphatic carbocycles. The van der Waals surface area contributed by atoms with Crippen LogP contribution in [0.1, 0.15) is 10.4 Å². The van der Waals surface area contributed by atoms with E-state index in [4.69, 9.17) is 5.11 Å². The molecule has 13 heavy (non-hydrogen) atoms. The van der Waals surface area contributed by atoms with E-state index in [0.29, 0.717) is 0 Å². The van der Waals surface area contributed by atoms with E-state index >= 15 is 0 Å². The van der Waals surface area contributed by atoms with Crippen LogP contribution in [0.4, 0.5) is 5.69 Å². The van der Waals surface area contributed by atoms with Gasteiger partial charge in [0.15, 0.2) is 5.75 Å². The van der Waals surface area contributed by atoms with Gasteiger partial charge in [0.1, 0.15) is 0 Å². The molecule has 0 saturated carbocycles. The second kappa shape index (κ2) is 3.53. The second-order valence-electron chi connectivity index (χ2n) is 2.23. The van der Waals surface area contributed by atoms with Crippen LogP contribution in [0.3, 0.4) is 0 Å². The fourth-order valence-corrected chi connectivity index (χ4v) is 1.05. The molecule has 0 bridgehead atoms. The van der Waals surface area contributed by atoms with Gasteiger partial charge < -0.3 is 5.11 Å². The van der Waals surface area contributed by atoms with Crippen LogP contribution < -0.4 is 0 Å².